The molecular formula is C14H23N5O2. The molecule has 1 aliphatic heterocycles. The topological polar surface area (TPSA) is 96.5 Å². The van der Waals surface area contributed by atoms with E-state index in [4.69, 9.17) is 5.84 Å². The molecule has 1 aliphatic rings. The zero-order chi connectivity index (χ0) is 15.2. The first-order valence-electron chi connectivity index (χ1n) is 7.35. The molecule has 7 heteroatoms. The highest BCUT2D eigenvalue weighted by atomic mass is 16.6. The SMILES string of the molecule is CC(CNc1cccc(NN)c1[N+](=O)[O-])N1CCCCC1. The minimum atomic E-state index is -0.414. The summed E-state index contributed by atoms with van der Waals surface area (Å²) >= 11 is 0. The zero-order valence-corrected chi connectivity index (χ0v) is 12.3. The van der Waals surface area contributed by atoms with Crippen molar-refractivity contribution >= 4 is 17.1 Å². The molecule has 7 nitrogen and oxygen atoms in total. The van der Waals surface area contributed by atoms with Gasteiger partial charge in [-0.25, -0.2) is 0 Å². The number of hydrogen-bond donors (Lipinski definition) is 3. The van der Waals surface area contributed by atoms with Crippen molar-refractivity contribution in [1.82, 2.24) is 4.90 Å². The van der Waals surface area contributed by atoms with E-state index in [2.05, 4.69) is 22.6 Å². The summed E-state index contributed by atoms with van der Waals surface area (Å²) in [5, 5.41) is 14.4. The number of hydrazine groups is 1. The number of rotatable bonds is 6. The normalized spacial score (nSPS) is 17.2. The number of anilines is 2. The Bertz CT molecular complexity index is 488. The van der Waals surface area contributed by atoms with Gasteiger partial charge < -0.3 is 10.7 Å². The number of likely N-dealkylation sites (tertiary alicyclic amines) is 1. The highest BCUT2D eigenvalue weighted by Gasteiger charge is 2.21. The van der Waals surface area contributed by atoms with Crippen molar-refractivity contribution in [1.29, 1.82) is 0 Å². The summed E-state index contributed by atoms with van der Waals surface area (Å²) in [6, 6.07) is 5.40. The number of nitrogens with two attached hydrogens (primary N) is 1. The zero-order valence-electron chi connectivity index (χ0n) is 12.3. The number of nitrogen functional groups attached to an aromatic ring is 1. The molecule has 0 amide bonds. The van der Waals surface area contributed by atoms with Gasteiger partial charge in [0.05, 0.1) is 4.92 Å². The molecule has 1 saturated heterocycles. The maximum atomic E-state index is 11.2. The lowest BCUT2D eigenvalue weighted by Crippen LogP contribution is -2.41. The Morgan fingerprint density at radius 1 is 1.33 bits per heavy atom. The Morgan fingerprint density at radius 2 is 2.00 bits per heavy atom. The largest absolute Gasteiger partial charge is 0.378 e. The predicted octanol–water partition coefficient (Wildman–Crippen LogP) is 2.17. The fourth-order valence-electron chi connectivity index (χ4n) is 2.75. The van der Waals surface area contributed by atoms with Crippen LogP contribution in [0.1, 0.15) is 26.2 Å². The molecule has 0 radical (unpaired) electrons. The maximum absolute atomic E-state index is 11.2. The van der Waals surface area contributed by atoms with E-state index in [0.717, 1.165) is 13.1 Å². The van der Waals surface area contributed by atoms with Crippen LogP contribution in [0.15, 0.2) is 18.2 Å². The van der Waals surface area contributed by atoms with Crippen molar-refractivity contribution in [2.24, 2.45) is 5.84 Å². The van der Waals surface area contributed by atoms with Crippen molar-refractivity contribution < 1.29 is 4.92 Å². The van der Waals surface area contributed by atoms with Crippen molar-refractivity contribution in [2.45, 2.75) is 32.2 Å². The van der Waals surface area contributed by atoms with E-state index in [1.54, 1.807) is 18.2 Å². The third-order valence-corrected chi connectivity index (χ3v) is 3.98. The molecule has 116 valence electrons. The van der Waals surface area contributed by atoms with Gasteiger partial charge >= 0.3 is 5.69 Å². The monoisotopic (exact) mass is 293 g/mol. The second-order valence-corrected chi connectivity index (χ2v) is 5.43. The van der Waals surface area contributed by atoms with E-state index in [-0.39, 0.29) is 5.69 Å². The van der Waals surface area contributed by atoms with Gasteiger partial charge in [0.2, 0.25) is 0 Å². The van der Waals surface area contributed by atoms with Crippen molar-refractivity contribution in [3.63, 3.8) is 0 Å². The third-order valence-electron chi connectivity index (χ3n) is 3.98. The number of nitrogens with one attached hydrogen (secondary N) is 2. The Labute approximate surface area is 124 Å². The molecule has 1 fully saturated rings. The smallest absolute Gasteiger partial charge is 0.316 e. The molecule has 0 aromatic heterocycles. The van der Waals surface area contributed by atoms with Crippen LogP contribution >= 0.6 is 0 Å². The van der Waals surface area contributed by atoms with Crippen LogP contribution in [-0.2, 0) is 0 Å². The molecule has 0 spiro atoms. The van der Waals surface area contributed by atoms with Gasteiger partial charge in [-0.3, -0.25) is 20.9 Å². The second kappa shape index (κ2) is 7.24. The first kappa shape index (κ1) is 15.5. The Kier molecular flexibility index (Phi) is 5.35. The summed E-state index contributed by atoms with van der Waals surface area (Å²) in [6.45, 7) is 5.04. The highest BCUT2D eigenvalue weighted by Crippen LogP contribution is 2.32. The van der Waals surface area contributed by atoms with Crippen molar-refractivity contribution in [3.05, 3.63) is 28.3 Å². The van der Waals surface area contributed by atoms with Crippen LogP contribution in [0.2, 0.25) is 0 Å². The molecule has 0 bridgehead atoms. The highest BCUT2D eigenvalue weighted by molar-refractivity contribution is 5.75. The van der Waals surface area contributed by atoms with Gasteiger partial charge in [-0.2, -0.15) is 0 Å². The quantitative estimate of drug-likeness (QED) is 0.422. The van der Waals surface area contributed by atoms with E-state index < -0.39 is 4.92 Å². The van der Waals surface area contributed by atoms with Crippen LogP contribution in [0.3, 0.4) is 0 Å². The summed E-state index contributed by atoms with van der Waals surface area (Å²) in [4.78, 5) is 13.2. The number of nitrogens with zero attached hydrogens (tertiary/aromatic N) is 2. The van der Waals surface area contributed by atoms with Gasteiger partial charge in [0.1, 0.15) is 11.4 Å². The second-order valence-electron chi connectivity index (χ2n) is 5.43. The number of nitro benzene ring substituents is 1. The average Bonchev–Trinajstić information content (AvgIpc) is 2.52. The fraction of sp³-hybridized carbons (Fsp3) is 0.571. The first-order valence-corrected chi connectivity index (χ1v) is 7.35. The molecule has 1 aromatic rings. The van der Waals surface area contributed by atoms with Crippen LogP contribution in [0.5, 0.6) is 0 Å². The molecule has 2 rings (SSSR count). The number of benzene rings is 1. The summed E-state index contributed by atoms with van der Waals surface area (Å²) in [5.41, 5.74) is 3.18. The summed E-state index contributed by atoms with van der Waals surface area (Å²) < 4.78 is 0. The van der Waals surface area contributed by atoms with E-state index in [9.17, 15) is 10.1 Å². The predicted molar refractivity (Wildman–Crippen MR) is 84.3 cm³/mol. The van der Waals surface area contributed by atoms with E-state index in [1.807, 2.05) is 0 Å². The van der Waals surface area contributed by atoms with Crippen molar-refractivity contribution in [2.75, 3.05) is 30.4 Å². The Hall–Kier alpha value is -1.86. The fourth-order valence-corrected chi connectivity index (χ4v) is 2.75. The molecular weight excluding hydrogens is 270 g/mol. The lowest BCUT2D eigenvalue weighted by molar-refractivity contribution is -0.383. The van der Waals surface area contributed by atoms with Crippen LogP contribution in [0.25, 0.3) is 0 Å². The molecule has 0 saturated carbocycles. The van der Waals surface area contributed by atoms with Gasteiger partial charge in [-0.1, -0.05) is 12.5 Å². The summed E-state index contributed by atoms with van der Waals surface area (Å²) in [6.07, 6.45) is 3.76. The Morgan fingerprint density at radius 3 is 2.62 bits per heavy atom. The van der Waals surface area contributed by atoms with Crippen LogP contribution in [-0.4, -0.2) is 35.5 Å². The number of piperidine rings is 1. The van der Waals surface area contributed by atoms with E-state index in [1.165, 1.54) is 19.3 Å². The standard InChI is InChI=1S/C14H23N5O2/c1-11(18-8-3-2-4-9-18)10-16-12-6-5-7-13(17-15)14(12)19(20)21/h5-7,11,16-17H,2-4,8-10,15H2,1H3. The number of hydrogen-bond acceptors (Lipinski definition) is 6. The molecule has 21 heavy (non-hydrogen) atoms. The van der Waals surface area contributed by atoms with E-state index >= 15 is 0 Å². The number of para-hydroxylation sites is 1. The minimum absolute atomic E-state index is 0.00848. The van der Waals surface area contributed by atoms with Gasteiger partial charge in [0.25, 0.3) is 0 Å². The van der Waals surface area contributed by atoms with Gasteiger partial charge in [0, 0.05) is 12.6 Å². The first-order chi connectivity index (χ1) is 10.1. The number of nitro groups is 1. The molecule has 1 aromatic carbocycles. The summed E-state index contributed by atoms with van der Waals surface area (Å²) in [7, 11) is 0. The molecule has 1 heterocycles. The van der Waals surface area contributed by atoms with Gasteiger partial charge in [0.15, 0.2) is 0 Å². The molecule has 1 unspecified atom stereocenters. The van der Waals surface area contributed by atoms with Crippen molar-refractivity contribution in [3.8, 4) is 0 Å². The molecule has 0 aliphatic carbocycles. The van der Waals surface area contributed by atoms with Gasteiger partial charge in [-0.15, -0.1) is 0 Å². The lowest BCUT2D eigenvalue weighted by Gasteiger charge is -2.32. The molecule has 1 atom stereocenters. The van der Waals surface area contributed by atoms with Gasteiger partial charge in [-0.05, 0) is 45.0 Å². The third kappa shape index (κ3) is 3.83. The summed E-state index contributed by atoms with van der Waals surface area (Å²) in [5.74, 6) is 5.34. The Balaban J connectivity index is 2.03. The van der Waals surface area contributed by atoms with Crippen LogP contribution in [0, 0.1) is 10.1 Å². The average molecular weight is 293 g/mol. The van der Waals surface area contributed by atoms with Crippen LogP contribution in [0.4, 0.5) is 17.1 Å². The molecule has 4 N–H and O–H groups in total. The lowest BCUT2D eigenvalue weighted by atomic mass is 10.1. The van der Waals surface area contributed by atoms with Crippen LogP contribution < -0.4 is 16.6 Å². The van der Waals surface area contributed by atoms with E-state index in [0.29, 0.717) is 24.0 Å². The maximum Gasteiger partial charge on any atom is 0.316 e. The minimum Gasteiger partial charge on any atom is -0.378 e.